The van der Waals surface area contributed by atoms with Crippen molar-refractivity contribution in [2.24, 2.45) is 0 Å². The van der Waals surface area contributed by atoms with Crippen LogP contribution in [-0.2, 0) is 10.0 Å². The van der Waals surface area contributed by atoms with Crippen molar-refractivity contribution in [2.75, 3.05) is 33.7 Å². The second-order valence-electron chi connectivity index (χ2n) is 5.48. The molecule has 1 saturated heterocycles. The standard InChI is InChI=1S/C14H20BrN3O3S/c1-10-9-16-6-7-18(10)14(19)11-4-5-13(12(15)8-11)22(20,21)17(2)3/h4-5,8,10,16H,6-7,9H2,1-3H3/t10-/m1/s1. The SMILES string of the molecule is C[C@@H]1CNCCN1C(=O)c1ccc(S(=O)(=O)N(C)C)c(Br)c1. The number of carbonyl (C=O) groups is 1. The number of sulfonamides is 1. The summed E-state index contributed by atoms with van der Waals surface area (Å²) in [5, 5.41) is 3.24. The lowest BCUT2D eigenvalue weighted by Gasteiger charge is -2.34. The van der Waals surface area contributed by atoms with E-state index in [0.717, 1.165) is 17.4 Å². The van der Waals surface area contributed by atoms with E-state index in [1.165, 1.54) is 20.2 Å². The molecule has 6 nitrogen and oxygen atoms in total. The summed E-state index contributed by atoms with van der Waals surface area (Å²) in [5.74, 6) is -0.0801. The molecule has 8 heteroatoms. The van der Waals surface area contributed by atoms with Crippen LogP contribution < -0.4 is 5.32 Å². The second kappa shape index (κ2) is 6.66. The normalized spacial score (nSPS) is 19.5. The summed E-state index contributed by atoms with van der Waals surface area (Å²) in [7, 11) is -0.583. The molecule has 22 heavy (non-hydrogen) atoms. The number of carbonyl (C=O) groups excluding carboxylic acids is 1. The van der Waals surface area contributed by atoms with E-state index in [9.17, 15) is 13.2 Å². The number of nitrogens with one attached hydrogen (secondary N) is 1. The summed E-state index contributed by atoms with van der Waals surface area (Å²) in [6.07, 6.45) is 0. The first-order valence-electron chi connectivity index (χ1n) is 6.99. The number of benzene rings is 1. The predicted molar refractivity (Wildman–Crippen MR) is 88.4 cm³/mol. The summed E-state index contributed by atoms with van der Waals surface area (Å²) < 4.78 is 25.9. The first-order valence-corrected chi connectivity index (χ1v) is 9.22. The zero-order chi connectivity index (χ0) is 16.5. The minimum Gasteiger partial charge on any atom is -0.333 e. The first-order chi connectivity index (χ1) is 10.2. The zero-order valence-corrected chi connectivity index (χ0v) is 15.2. The van der Waals surface area contributed by atoms with E-state index in [-0.39, 0.29) is 16.8 Å². The van der Waals surface area contributed by atoms with E-state index < -0.39 is 10.0 Å². The molecule has 0 spiro atoms. The minimum atomic E-state index is -3.53. The van der Waals surface area contributed by atoms with Crippen molar-refractivity contribution in [2.45, 2.75) is 17.9 Å². The van der Waals surface area contributed by atoms with Gasteiger partial charge in [0.25, 0.3) is 5.91 Å². The Morgan fingerprint density at radius 2 is 2.09 bits per heavy atom. The molecule has 2 rings (SSSR count). The van der Waals surface area contributed by atoms with Crippen LogP contribution in [0.3, 0.4) is 0 Å². The van der Waals surface area contributed by atoms with Crippen LogP contribution in [0, 0.1) is 0 Å². The molecular weight excluding hydrogens is 370 g/mol. The Labute approximate surface area is 139 Å². The summed E-state index contributed by atoms with van der Waals surface area (Å²) in [6, 6.07) is 4.73. The monoisotopic (exact) mass is 389 g/mol. The molecule has 1 heterocycles. The topological polar surface area (TPSA) is 69.7 Å². The molecule has 0 saturated carbocycles. The molecule has 1 aromatic carbocycles. The fraction of sp³-hybridized carbons (Fsp3) is 0.500. The predicted octanol–water partition coefficient (Wildman–Crippen LogP) is 1.13. The number of hydrogen-bond donors (Lipinski definition) is 1. The van der Waals surface area contributed by atoms with Gasteiger partial charge < -0.3 is 10.2 Å². The van der Waals surface area contributed by atoms with E-state index in [0.29, 0.717) is 16.6 Å². The van der Waals surface area contributed by atoms with Crippen LogP contribution in [0.1, 0.15) is 17.3 Å². The number of piperazine rings is 1. The van der Waals surface area contributed by atoms with Gasteiger partial charge in [0.05, 0.1) is 4.90 Å². The summed E-state index contributed by atoms with van der Waals surface area (Å²) in [6.45, 7) is 4.17. The van der Waals surface area contributed by atoms with Crippen LogP contribution in [0.4, 0.5) is 0 Å². The maximum Gasteiger partial charge on any atom is 0.254 e. The molecule has 1 aliphatic heterocycles. The van der Waals surface area contributed by atoms with Gasteiger partial charge in [-0.1, -0.05) is 0 Å². The summed E-state index contributed by atoms with van der Waals surface area (Å²) in [4.78, 5) is 14.5. The first kappa shape index (κ1) is 17.4. The number of hydrogen-bond acceptors (Lipinski definition) is 4. The highest BCUT2D eigenvalue weighted by atomic mass is 79.9. The van der Waals surface area contributed by atoms with Crippen LogP contribution in [-0.4, -0.2) is 63.3 Å². The number of nitrogens with zero attached hydrogens (tertiary/aromatic N) is 2. The molecule has 0 radical (unpaired) electrons. The average Bonchev–Trinajstić information content (AvgIpc) is 2.46. The second-order valence-corrected chi connectivity index (χ2v) is 8.46. The van der Waals surface area contributed by atoms with Crippen molar-refractivity contribution >= 4 is 31.9 Å². The fourth-order valence-electron chi connectivity index (χ4n) is 2.35. The van der Waals surface area contributed by atoms with Gasteiger partial charge in [0, 0.05) is 49.8 Å². The highest BCUT2D eigenvalue weighted by Gasteiger charge is 2.26. The smallest absolute Gasteiger partial charge is 0.254 e. The third-order valence-electron chi connectivity index (χ3n) is 3.70. The molecule has 0 unspecified atom stereocenters. The van der Waals surface area contributed by atoms with E-state index in [1.807, 2.05) is 6.92 Å². The van der Waals surface area contributed by atoms with Crippen molar-refractivity contribution in [1.29, 1.82) is 0 Å². The minimum absolute atomic E-state index is 0.0801. The Kier molecular flexibility index (Phi) is 5.26. The van der Waals surface area contributed by atoms with Crippen LogP contribution in [0.2, 0.25) is 0 Å². The lowest BCUT2D eigenvalue weighted by molar-refractivity contribution is 0.0655. The molecule has 0 bridgehead atoms. The average molecular weight is 390 g/mol. The van der Waals surface area contributed by atoms with Crippen LogP contribution in [0.15, 0.2) is 27.6 Å². The van der Waals surface area contributed by atoms with Gasteiger partial charge in [0.1, 0.15) is 0 Å². The Morgan fingerprint density at radius 3 is 2.64 bits per heavy atom. The Bertz CT molecular complexity index is 676. The summed E-state index contributed by atoms with van der Waals surface area (Å²) in [5.41, 5.74) is 0.485. The van der Waals surface area contributed by atoms with Crippen LogP contribution in [0.5, 0.6) is 0 Å². The molecule has 0 aromatic heterocycles. The quantitative estimate of drug-likeness (QED) is 0.840. The molecule has 1 N–H and O–H groups in total. The van der Waals surface area contributed by atoms with Gasteiger partial charge in [0.2, 0.25) is 10.0 Å². The molecule has 1 aromatic rings. The van der Waals surface area contributed by atoms with E-state index in [4.69, 9.17) is 0 Å². The van der Waals surface area contributed by atoms with Gasteiger partial charge in [-0.25, -0.2) is 12.7 Å². The molecule has 1 fully saturated rings. The Balaban J connectivity index is 2.31. The lowest BCUT2D eigenvalue weighted by Crippen LogP contribution is -2.52. The van der Waals surface area contributed by atoms with Crippen molar-refractivity contribution in [3.63, 3.8) is 0 Å². The third kappa shape index (κ3) is 3.34. The van der Waals surface area contributed by atoms with Crippen molar-refractivity contribution < 1.29 is 13.2 Å². The van der Waals surface area contributed by atoms with Crippen molar-refractivity contribution in [1.82, 2.24) is 14.5 Å². The molecule has 1 amide bonds. The molecule has 122 valence electrons. The van der Waals surface area contributed by atoms with E-state index in [2.05, 4.69) is 21.2 Å². The summed E-state index contributed by atoms with van der Waals surface area (Å²) >= 11 is 3.27. The number of amides is 1. The number of rotatable bonds is 3. The fourth-order valence-corrected chi connectivity index (χ4v) is 4.28. The van der Waals surface area contributed by atoms with Gasteiger partial charge in [-0.05, 0) is 41.1 Å². The maximum atomic E-state index is 12.6. The van der Waals surface area contributed by atoms with Gasteiger partial charge in [0.15, 0.2) is 0 Å². The van der Waals surface area contributed by atoms with Crippen molar-refractivity contribution in [3.8, 4) is 0 Å². The Hall–Kier alpha value is -0.960. The van der Waals surface area contributed by atoms with Gasteiger partial charge in [-0.15, -0.1) is 0 Å². The number of halogens is 1. The molecule has 1 aliphatic rings. The molecular formula is C14H20BrN3O3S. The highest BCUT2D eigenvalue weighted by Crippen LogP contribution is 2.26. The lowest BCUT2D eigenvalue weighted by atomic mass is 10.1. The Morgan fingerprint density at radius 1 is 1.41 bits per heavy atom. The van der Waals surface area contributed by atoms with Crippen molar-refractivity contribution in [3.05, 3.63) is 28.2 Å². The van der Waals surface area contributed by atoms with Gasteiger partial charge in [-0.2, -0.15) is 0 Å². The third-order valence-corrected chi connectivity index (χ3v) is 6.49. The van der Waals surface area contributed by atoms with Crippen LogP contribution >= 0.6 is 15.9 Å². The zero-order valence-electron chi connectivity index (χ0n) is 12.8. The van der Waals surface area contributed by atoms with E-state index in [1.54, 1.807) is 17.0 Å². The van der Waals surface area contributed by atoms with Crippen LogP contribution in [0.25, 0.3) is 0 Å². The van der Waals surface area contributed by atoms with E-state index >= 15 is 0 Å². The highest BCUT2D eigenvalue weighted by molar-refractivity contribution is 9.10. The maximum absolute atomic E-state index is 12.6. The van der Waals surface area contributed by atoms with Gasteiger partial charge in [-0.3, -0.25) is 4.79 Å². The molecule has 0 aliphatic carbocycles. The largest absolute Gasteiger partial charge is 0.333 e. The van der Waals surface area contributed by atoms with Gasteiger partial charge >= 0.3 is 0 Å². The molecule has 1 atom stereocenters.